The summed E-state index contributed by atoms with van der Waals surface area (Å²) in [4.78, 5) is 21.4. The molecule has 0 unspecified atom stereocenters. The number of nitrogens with zero attached hydrogens (tertiary/aromatic N) is 2. The van der Waals surface area contributed by atoms with Crippen molar-refractivity contribution in [3.05, 3.63) is 16.1 Å². The van der Waals surface area contributed by atoms with Crippen LogP contribution < -0.4 is 16.0 Å². The van der Waals surface area contributed by atoms with Gasteiger partial charge in [0, 0.05) is 24.5 Å². The van der Waals surface area contributed by atoms with Gasteiger partial charge in [0.2, 0.25) is 0 Å². The summed E-state index contributed by atoms with van der Waals surface area (Å²) in [6, 6.07) is 0. The lowest BCUT2D eigenvalue weighted by Crippen LogP contribution is -2.42. The first-order valence-electron chi connectivity index (χ1n) is 7.70. The number of rotatable bonds is 6. The van der Waals surface area contributed by atoms with Crippen LogP contribution in [-0.4, -0.2) is 42.3 Å². The Kier molecular flexibility index (Phi) is 10.9. The van der Waals surface area contributed by atoms with Crippen LogP contribution in [0.4, 0.5) is 4.79 Å². The molecule has 7 nitrogen and oxygen atoms in total. The molecule has 0 aliphatic carbocycles. The smallest absolute Gasteiger partial charge is 0.407 e. The first-order valence-corrected chi connectivity index (χ1v) is 8.57. The topological polar surface area (TPSA) is 87.6 Å². The molecule has 0 bridgehead atoms. The zero-order valence-corrected chi connectivity index (χ0v) is 18.1. The normalized spacial score (nSPS) is 11.5. The minimum Gasteiger partial charge on any atom is -0.444 e. The summed E-state index contributed by atoms with van der Waals surface area (Å²) in [7, 11) is 0. The van der Waals surface area contributed by atoms with Crippen LogP contribution in [0.5, 0.6) is 0 Å². The van der Waals surface area contributed by atoms with Crippen molar-refractivity contribution in [2.75, 3.05) is 19.6 Å². The summed E-state index contributed by atoms with van der Waals surface area (Å²) < 4.78 is 5.17. The van der Waals surface area contributed by atoms with Gasteiger partial charge in [-0.15, -0.1) is 35.3 Å². The maximum atomic E-state index is 11.5. The number of amides is 1. The predicted molar refractivity (Wildman–Crippen MR) is 109 cm³/mol. The molecular formula is C15H28IN5O2S. The number of halogens is 1. The molecule has 0 aliphatic heterocycles. The number of ether oxygens (including phenoxy) is 1. The van der Waals surface area contributed by atoms with Crippen molar-refractivity contribution in [3.8, 4) is 0 Å². The first kappa shape index (κ1) is 22.9. The van der Waals surface area contributed by atoms with Crippen molar-refractivity contribution in [1.29, 1.82) is 0 Å². The lowest BCUT2D eigenvalue weighted by molar-refractivity contribution is 0.0529. The van der Waals surface area contributed by atoms with Gasteiger partial charge >= 0.3 is 6.09 Å². The van der Waals surface area contributed by atoms with Crippen LogP contribution in [0.25, 0.3) is 0 Å². The van der Waals surface area contributed by atoms with Crippen LogP contribution in [0, 0.1) is 6.92 Å². The summed E-state index contributed by atoms with van der Waals surface area (Å²) in [5.74, 6) is 0.714. The van der Waals surface area contributed by atoms with E-state index in [9.17, 15) is 4.79 Å². The Morgan fingerprint density at radius 3 is 2.50 bits per heavy atom. The Labute approximate surface area is 165 Å². The molecule has 0 aliphatic rings. The van der Waals surface area contributed by atoms with Gasteiger partial charge in [0.05, 0.1) is 17.7 Å². The first-order chi connectivity index (χ1) is 10.8. The molecular weight excluding hydrogens is 441 g/mol. The number of carbonyl (C=O) groups is 1. The highest BCUT2D eigenvalue weighted by Gasteiger charge is 2.15. The second-order valence-corrected chi connectivity index (χ2v) is 6.85. The molecule has 0 spiro atoms. The monoisotopic (exact) mass is 469 g/mol. The third-order valence-corrected chi connectivity index (χ3v) is 3.58. The van der Waals surface area contributed by atoms with E-state index >= 15 is 0 Å². The molecule has 0 fully saturated rings. The highest BCUT2D eigenvalue weighted by Crippen LogP contribution is 2.12. The second-order valence-electron chi connectivity index (χ2n) is 5.91. The summed E-state index contributed by atoms with van der Waals surface area (Å²) in [6.45, 7) is 11.9. The molecule has 0 atom stereocenters. The lowest BCUT2D eigenvalue weighted by Gasteiger charge is -2.19. The summed E-state index contributed by atoms with van der Waals surface area (Å²) in [5, 5.41) is 9.04. The van der Waals surface area contributed by atoms with Crippen molar-refractivity contribution in [1.82, 2.24) is 20.9 Å². The maximum Gasteiger partial charge on any atom is 0.407 e. The van der Waals surface area contributed by atoms with Gasteiger partial charge in [-0.3, -0.25) is 0 Å². The van der Waals surface area contributed by atoms with Gasteiger partial charge < -0.3 is 20.7 Å². The van der Waals surface area contributed by atoms with Crippen molar-refractivity contribution in [2.45, 2.75) is 46.8 Å². The van der Waals surface area contributed by atoms with Crippen LogP contribution in [0.1, 0.15) is 38.3 Å². The van der Waals surface area contributed by atoms with E-state index in [0.717, 1.165) is 17.1 Å². The number of thiazole rings is 1. The van der Waals surface area contributed by atoms with E-state index < -0.39 is 11.7 Å². The molecule has 1 amide bonds. The number of hydrogen-bond acceptors (Lipinski definition) is 5. The Balaban J connectivity index is 0.00000529. The molecule has 0 radical (unpaired) electrons. The highest BCUT2D eigenvalue weighted by atomic mass is 127. The van der Waals surface area contributed by atoms with Crippen LogP contribution in [0.15, 0.2) is 10.5 Å². The standard InChI is InChI=1S/C15H27N5O2S.HI/c1-6-16-13(19-9-12-11(2)20-10-23-12)17-7-8-18-14(21)22-15(3,4)5;/h10H,6-9H2,1-5H3,(H,18,21)(H2,16,17,19);1H. The van der Waals surface area contributed by atoms with E-state index in [1.165, 1.54) is 0 Å². The number of alkyl carbamates (subject to hydrolysis) is 1. The van der Waals surface area contributed by atoms with Crippen molar-refractivity contribution < 1.29 is 9.53 Å². The molecule has 1 aromatic rings. The zero-order valence-electron chi connectivity index (χ0n) is 14.9. The fourth-order valence-corrected chi connectivity index (χ4v) is 2.33. The Bertz CT molecular complexity index is 528. The Morgan fingerprint density at radius 2 is 1.96 bits per heavy atom. The summed E-state index contributed by atoms with van der Waals surface area (Å²) >= 11 is 1.60. The molecule has 0 saturated carbocycles. The van der Waals surface area contributed by atoms with Gasteiger partial charge in [-0.25, -0.2) is 14.8 Å². The van der Waals surface area contributed by atoms with E-state index in [1.54, 1.807) is 11.3 Å². The number of aromatic nitrogens is 1. The predicted octanol–water partition coefficient (Wildman–Crippen LogP) is 2.65. The molecule has 0 aromatic carbocycles. The molecule has 138 valence electrons. The molecule has 3 N–H and O–H groups in total. The molecule has 9 heteroatoms. The van der Waals surface area contributed by atoms with Crippen LogP contribution in [0.2, 0.25) is 0 Å². The van der Waals surface area contributed by atoms with Crippen LogP contribution >= 0.6 is 35.3 Å². The van der Waals surface area contributed by atoms with Crippen LogP contribution in [-0.2, 0) is 11.3 Å². The number of carbonyl (C=O) groups excluding carboxylic acids is 1. The molecule has 1 rings (SSSR count). The second kappa shape index (κ2) is 11.5. The highest BCUT2D eigenvalue weighted by molar-refractivity contribution is 14.0. The lowest BCUT2D eigenvalue weighted by atomic mass is 10.2. The largest absolute Gasteiger partial charge is 0.444 e. The van der Waals surface area contributed by atoms with E-state index in [4.69, 9.17) is 4.74 Å². The van der Waals surface area contributed by atoms with Crippen molar-refractivity contribution in [3.63, 3.8) is 0 Å². The van der Waals surface area contributed by atoms with Crippen LogP contribution in [0.3, 0.4) is 0 Å². The van der Waals surface area contributed by atoms with E-state index in [2.05, 4.69) is 25.9 Å². The summed E-state index contributed by atoms with van der Waals surface area (Å²) in [6.07, 6.45) is -0.415. The average Bonchev–Trinajstić information content (AvgIpc) is 2.84. The van der Waals surface area contributed by atoms with Gasteiger partial charge in [0.1, 0.15) is 5.60 Å². The number of guanidine groups is 1. The van der Waals surface area contributed by atoms with Crippen molar-refractivity contribution >= 4 is 47.4 Å². The van der Waals surface area contributed by atoms with Gasteiger partial charge in [0.25, 0.3) is 0 Å². The zero-order chi connectivity index (χ0) is 17.3. The third-order valence-electron chi connectivity index (χ3n) is 2.66. The van der Waals surface area contributed by atoms with Gasteiger partial charge in [-0.05, 0) is 34.6 Å². The Morgan fingerprint density at radius 1 is 1.29 bits per heavy atom. The minimum atomic E-state index is -0.486. The molecule has 1 heterocycles. The summed E-state index contributed by atoms with van der Waals surface area (Å²) in [5.41, 5.74) is 2.35. The number of hydrogen-bond donors (Lipinski definition) is 3. The number of aryl methyl sites for hydroxylation is 1. The van der Waals surface area contributed by atoms with Gasteiger partial charge in [0.15, 0.2) is 5.96 Å². The molecule has 0 saturated heterocycles. The maximum absolute atomic E-state index is 11.5. The minimum absolute atomic E-state index is 0. The number of aliphatic imine (C=N–C) groups is 1. The third kappa shape index (κ3) is 9.91. The quantitative estimate of drug-likeness (QED) is 0.258. The van der Waals surface area contributed by atoms with Gasteiger partial charge in [-0.2, -0.15) is 0 Å². The number of nitrogens with one attached hydrogen (secondary N) is 3. The van der Waals surface area contributed by atoms with E-state index in [0.29, 0.717) is 25.6 Å². The van der Waals surface area contributed by atoms with E-state index in [-0.39, 0.29) is 24.0 Å². The van der Waals surface area contributed by atoms with Crippen molar-refractivity contribution in [2.24, 2.45) is 4.99 Å². The fraction of sp³-hybridized carbons (Fsp3) is 0.667. The molecule has 24 heavy (non-hydrogen) atoms. The van der Waals surface area contributed by atoms with Gasteiger partial charge in [-0.1, -0.05) is 0 Å². The SMILES string of the molecule is CCNC(=NCc1scnc1C)NCCNC(=O)OC(C)(C)C.I. The Hall–Kier alpha value is -1.10. The average molecular weight is 469 g/mol. The van der Waals surface area contributed by atoms with E-state index in [1.807, 2.05) is 40.1 Å². The fourth-order valence-electron chi connectivity index (χ4n) is 1.63. The molecule has 1 aromatic heterocycles.